The molecule has 4 heteroatoms. The molecule has 2 rings (SSSR count). The molecule has 0 spiro atoms. The van der Waals surface area contributed by atoms with Gasteiger partial charge in [-0.2, -0.15) is 0 Å². The molecule has 0 N–H and O–H groups in total. The van der Waals surface area contributed by atoms with Crippen LogP contribution in [0, 0.1) is 17.8 Å². The first kappa shape index (κ1) is 29.6. The van der Waals surface area contributed by atoms with Gasteiger partial charge in [0, 0.05) is 5.92 Å². The zero-order chi connectivity index (χ0) is 26.7. The fourth-order valence-electron chi connectivity index (χ4n) is 4.57. The van der Waals surface area contributed by atoms with Gasteiger partial charge in [-0.3, -0.25) is 0 Å². The normalized spacial score (nSPS) is 13.9. The number of rotatable bonds is 14. The highest BCUT2D eigenvalue weighted by Gasteiger charge is 2.31. The molecule has 36 heavy (non-hydrogen) atoms. The lowest BCUT2D eigenvalue weighted by Crippen LogP contribution is -2.36. The second-order valence-electron chi connectivity index (χ2n) is 10.9. The highest BCUT2D eigenvalue weighted by atomic mass is 16.6. The van der Waals surface area contributed by atoms with Gasteiger partial charge in [-0.05, 0) is 72.9 Å². The van der Waals surface area contributed by atoms with Crippen molar-refractivity contribution >= 4 is 11.9 Å². The summed E-state index contributed by atoms with van der Waals surface area (Å²) in [6.45, 7) is 14.9. The highest BCUT2D eigenvalue weighted by Crippen LogP contribution is 2.25. The van der Waals surface area contributed by atoms with Crippen molar-refractivity contribution in [3.05, 3.63) is 70.8 Å². The maximum atomic E-state index is 13.0. The van der Waals surface area contributed by atoms with Gasteiger partial charge in [0.1, 0.15) is 12.2 Å². The minimum Gasteiger partial charge on any atom is -0.458 e. The number of carbonyl (C=O) groups is 2. The van der Waals surface area contributed by atoms with E-state index in [9.17, 15) is 9.59 Å². The third-order valence-corrected chi connectivity index (χ3v) is 6.50. The van der Waals surface area contributed by atoms with E-state index < -0.39 is 0 Å². The average molecular weight is 495 g/mol. The monoisotopic (exact) mass is 494 g/mol. The third-order valence-electron chi connectivity index (χ3n) is 6.50. The molecule has 0 bridgehead atoms. The Morgan fingerprint density at radius 1 is 0.611 bits per heavy atom. The van der Waals surface area contributed by atoms with Crippen LogP contribution in [0.25, 0.3) is 0 Å². The zero-order valence-corrected chi connectivity index (χ0v) is 23.4. The molecule has 0 aliphatic heterocycles. The topological polar surface area (TPSA) is 52.6 Å². The van der Waals surface area contributed by atoms with Crippen molar-refractivity contribution in [1.82, 2.24) is 0 Å². The van der Waals surface area contributed by atoms with Crippen LogP contribution in [-0.2, 0) is 22.3 Å². The molecule has 2 aromatic rings. The molecule has 0 fully saturated rings. The van der Waals surface area contributed by atoms with Crippen molar-refractivity contribution in [2.24, 2.45) is 17.8 Å². The maximum absolute atomic E-state index is 13.0. The van der Waals surface area contributed by atoms with Gasteiger partial charge >= 0.3 is 11.9 Å². The predicted octanol–water partition coefficient (Wildman–Crippen LogP) is 8.07. The Kier molecular flexibility index (Phi) is 12.2. The largest absolute Gasteiger partial charge is 0.458 e. The summed E-state index contributed by atoms with van der Waals surface area (Å²) in [7, 11) is 0. The van der Waals surface area contributed by atoms with Gasteiger partial charge in [-0.1, -0.05) is 85.6 Å². The summed E-state index contributed by atoms with van der Waals surface area (Å²) in [4.78, 5) is 25.9. The van der Waals surface area contributed by atoms with Crippen molar-refractivity contribution in [2.75, 3.05) is 0 Å². The van der Waals surface area contributed by atoms with E-state index in [1.165, 1.54) is 11.1 Å². The molecule has 2 aromatic carbocycles. The first-order valence-corrected chi connectivity index (χ1v) is 13.7. The second-order valence-corrected chi connectivity index (χ2v) is 10.9. The van der Waals surface area contributed by atoms with E-state index in [2.05, 4.69) is 41.5 Å². The minimum absolute atomic E-state index is 0.113. The summed E-state index contributed by atoms with van der Waals surface area (Å²) in [5, 5.41) is 0. The van der Waals surface area contributed by atoms with Crippen molar-refractivity contribution in [2.45, 2.75) is 99.2 Å². The van der Waals surface area contributed by atoms with Crippen molar-refractivity contribution in [3.63, 3.8) is 0 Å². The van der Waals surface area contributed by atoms with Gasteiger partial charge < -0.3 is 9.47 Å². The molecule has 0 aliphatic carbocycles. The summed E-state index contributed by atoms with van der Waals surface area (Å²) in [6, 6.07) is 15.4. The first-order valence-electron chi connectivity index (χ1n) is 13.7. The van der Waals surface area contributed by atoms with Crippen LogP contribution in [0.2, 0.25) is 0 Å². The SMILES string of the molecule is CCCC(OC(=O)c1ccc(CC(C)C)cc1)C(C)C(CCC)OC(=O)c1ccc(CC(C)C)cc1. The van der Waals surface area contributed by atoms with E-state index in [1.54, 1.807) is 0 Å². The molecule has 0 amide bonds. The quantitative estimate of drug-likeness (QED) is 0.249. The second kappa shape index (κ2) is 14.8. The van der Waals surface area contributed by atoms with E-state index in [4.69, 9.17) is 9.47 Å². The van der Waals surface area contributed by atoms with Gasteiger partial charge in [0.15, 0.2) is 0 Å². The molecule has 2 unspecified atom stereocenters. The Hall–Kier alpha value is -2.62. The van der Waals surface area contributed by atoms with Crippen LogP contribution in [0.5, 0.6) is 0 Å². The third kappa shape index (κ3) is 9.44. The van der Waals surface area contributed by atoms with Crippen LogP contribution in [-0.4, -0.2) is 24.1 Å². The Bertz CT molecular complexity index is 850. The fraction of sp³-hybridized carbons (Fsp3) is 0.562. The lowest BCUT2D eigenvalue weighted by molar-refractivity contribution is -0.0328. The minimum atomic E-state index is -0.324. The van der Waals surface area contributed by atoms with Crippen LogP contribution in [0.4, 0.5) is 0 Å². The smallest absolute Gasteiger partial charge is 0.338 e. The lowest BCUT2D eigenvalue weighted by atomic mass is 9.91. The van der Waals surface area contributed by atoms with E-state index >= 15 is 0 Å². The van der Waals surface area contributed by atoms with Crippen LogP contribution < -0.4 is 0 Å². The van der Waals surface area contributed by atoms with Crippen molar-refractivity contribution < 1.29 is 19.1 Å². The van der Waals surface area contributed by atoms with Gasteiger partial charge in [0.25, 0.3) is 0 Å². The van der Waals surface area contributed by atoms with Gasteiger partial charge in [0.05, 0.1) is 11.1 Å². The van der Waals surface area contributed by atoms with Crippen LogP contribution in [0.3, 0.4) is 0 Å². The molecule has 0 radical (unpaired) electrons. The Balaban J connectivity index is 2.09. The van der Waals surface area contributed by atoms with E-state index in [1.807, 2.05) is 55.5 Å². The molecule has 0 heterocycles. The number of hydrogen-bond donors (Lipinski definition) is 0. The molecule has 0 aliphatic rings. The van der Waals surface area contributed by atoms with E-state index in [-0.39, 0.29) is 30.1 Å². The summed E-state index contributed by atoms with van der Waals surface area (Å²) in [5.74, 6) is 0.373. The average Bonchev–Trinajstić information content (AvgIpc) is 2.83. The molecular formula is C32H46O4. The Morgan fingerprint density at radius 2 is 0.944 bits per heavy atom. The highest BCUT2D eigenvalue weighted by molar-refractivity contribution is 5.90. The number of hydrogen-bond acceptors (Lipinski definition) is 4. The van der Waals surface area contributed by atoms with Crippen LogP contribution in [0.15, 0.2) is 48.5 Å². The lowest BCUT2D eigenvalue weighted by Gasteiger charge is -2.30. The summed E-state index contributed by atoms with van der Waals surface area (Å²) in [5.41, 5.74) is 3.54. The predicted molar refractivity (Wildman–Crippen MR) is 147 cm³/mol. The fourth-order valence-corrected chi connectivity index (χ4v) is 4.57. The van der Waals surface area contributed by atoms with Crippen LogP contribution in [0.1, 0.15) is 106 Å². The zero-order valence-electron chi connectivity index (χ0n) is 23.4. The number of ether oxygens (including phenoxy) is 2. The summed E-state index contributed by atoms with van der Waals surface area (Å²) >= 11 is 0. The standard InChI is InChI=1S/C32H46O4/c1-8-10-29(35-31(33)27-16-12-25(13-17-27)20-22(3)4)24(7)30(11-9-2)36-32(34)28-18-14-26(15-19-28)21-23(5)6/h12-19,22-24,29-30H,8-11,20-21H2,1-7H3. The molecule has 0 saturated heterocycles. The van der Waals surface area contributed by atoms with Gasteiger partial charge in [-0.25, -0.2) is 9.59 Å². The Morgan fingerprint density at radius 3 is 1.22 bits per heavy atom. The molecule has 0 aromatic heterocycles. The molecule has 0 saturated carbocycles. The summed E-state index contributed by atoms with van der Waals surface area (Å²) in [6.07, 6.45) is 4.51. The number of carbonyl (C=O) groups excluding carboxylic acids is 2. The van der Waals surface area contributed by atoms with Crippen molar-refractivity contribution in [3.8, 4) is 0 Å². The van der Waals surface area contributed by atoms with Gasteiger partial charge in [0.2, 0.25) is 0 Å². The molecule has 4 nitrogen and oxygen atoms in total. The molecular weight excluding hydrogens is 448 g/mol. The summed E-state index contributed by atoms with van der Waals surface area (Å²) < 4.78 is 12.0. The van der Waals surface area contributed by atoms with Gasteiger partial charge in [-0.15, -0.1) is 0 Å². The van der Waals surface area contributed by atoms with E-state index in [0.29, 0.717) is 23.0 Å². The maximum Gasteiger partial charge on any atom is 0.338 e. The van der Waals surface area contributed by atoms with Crippen LogP contribution >= 0.6 is 0 Å². The number of benzene rings is 2. The van der Waals surface area contributed by atoms with Crippen molar-refractivity contribution in [1.29, 1.82) is 0 Å². The first-order chi connectivity index (χ1) is 17.1. The number of esters is 2. The molecule has 198 valence electrons. The molecule has 2 atom stereocenters. The Labute approximate surface area is 218 Å². The van der Waals surface area contributed by atoms with E-state index in [0.717, 1.165) is 38.5 Å².